The van der Waals surface area contributed by atoms with Crippen molar-refractivity contribution < 1.29 is 5.11 Å². The average Bonchev–Trinajstić information content (AvgIpc) is 2.38. The molecule has 0 spiro atoms. The van der Waals surface area contributed by atoms with E-state index in [9.17, 15) is 5.11 Å². The molecule has 0 fully saturated rings. The number of nitrogens with one attached hydrogen (secondary N) is 1. The van der Waals surface area contributed by atoms with E-state index in [1.807, 2.05) is 0 Å². The maximum Gasteiger partial charge on any atom is 0.0558 e. The number of rotatable bonds is 11. The second kappa shape index (κ2) is 9.76. The van der Waals surface area contributed by atoms with E-state index in [1.165, 1.54) is 6.42 Å². The van der Waals surface area contributed by atoms with E-state index >= 15 is 0 Å². The van der Waals surface area contributed by atoms with Gasteiger partial charge in [-0.3, -0.25) is 4.90 Å². The highest BCUT2D eigenvalue weighted by molar-refractivity contribution is 4.82. The summed E-state index contributed by atoms with van der Waals surface area (Å²) in [7, 11) is 0. The predicted molar refractivity (Wildman–Crippen MR) is 80.0 cm³/mol. The monoisotopic (exact) mass is 258 g/mol. The van der Waals surface area contributed by atoms with Gasteiger partial charge in [-0.1, -0.05) is 34.6 Å². The summed E-state index contributed by atoms with van der Waals surface area (Å²) in [6.07, 6.45) is 3.50. The molecule has 0 aromatic heterocycles. The molecule has 0 aromatic carbocycles. The minimum Gasteiger partial charge on any atom is -0.395 e. The Balaban J connectivity index is 4.59. The van der Waals surface area contributed by atoms with E-state index in [-0.39, 0.29) is 6.61 Å². The predicted octanol–water partition coefficient (Wildman–Crippen LogP) is 2.50. The Bertz CT molecular complexity index is 195. The third-order valence-corrected chi connectivity index (χ3v) is 4.09. The molecule has 0 bridgehead atoms. The fourth-order valence-corrected chi connectivity index (χ4v) is 2.53. The zero-order valence-electron chi connectivity index (χ0n) is 13.1. The van der Waals surface area contributed by atoms with Crippen LogP contribution in [-0.2, 0) is 0 Å². The quantitative estimate of drug-likeness (QED) is 0.598. The van der Waals surface area contributed by atoms with Gasteiger partial charge in [0.1, 0.15) is 0 Å². The molecular formula is C15H34N2O. The van der Waals surface area contributed by atoms with Crippen LogP contribution in [-0.4, -0.2) is 48.8 Å². The van der Waals surface area contributed by atoms with Gasteiger partial charge in [0.25, 0.3) is 0 Å². The lowest BCUT2D eigenvalue weighted by Gasteiger charge is -2.39. The molecule has 0 aromatic rings. The first kappa shape index (κ1) is 17.9. The zero-order valence-corrected chi connectivity index (χ0v) is 13.1. The largest absolute Gasteiger partial charge is 0.395 e. The molecule has 2 N–H and O–H groups in total. The summed E-state index contributed by atoms with van der Waals surface area (Å²) in [6, 6.07) is 0.602. The Morgan fingerprint density at radius 1 is 1.17 bits per heavy atom. The maximum atomic E-state index is 9.26. The molecule has 1 atom stereocenters. The molecule has 18 heavy (non-hydrogen) atoms. The molecule has 3 nitrogen and oxygen atoms in total. The van der Waals surface area contributed by atoms with Crippen LogP contribution in [0.2, 0.25) is 0 Å². The molecule has 0 saturated carbocycles. The van der Waals surface area contributed by atoms with Crippen LogP contribution in [0.15, 0.2) is 0 Å². The maximum absolute atomic E-state index is 9.26. The van der Waals surface area contributed by atoms with Gasteiger partial charge in [0, 0.05) is 25.7 Å². The molecular weight excluding hydrogens is 224 g/mol. The first-order chi connectivity index (χ1) is 8.56. The van der Waals surface area contributed by atoms with Gasteiger partial charge in [-0.25, -0.2) is 0 Å². The van der Waals surface area contributed by atoms with Crippen LogP contribution in [0.5, 0.6) is 0 Å². The van der Waals surface area contributed by atoms with Gasteiger partial charge in [0.15, 0.2) is 0 Å². The molecule has 0 rings (SSSR count). The zero-order chi connectivity index (χ0) is 14.0. The van der Waals surface area contributed by atoms with Crippen molar-refractivity contribution in [2.45, 2.75) is 59.9 Å². The van der Waals surface area contributed by atoms with E-state index in [4.69, 9.17) is 0 Å². The van der Waals surface area contributed by atoms with Crippen LogP contribution >= 0.6 is 0 Å². The first-order valence-electron chi connectivity index (χ1n) is 7.62. The van der Waals surface area contributed by atoms with E-state index in [1.54, 1.807) is 0 Å². The molecule has 0 aliphatic heterocycles. The van der Waals surface area contributed by atoms with Crippen LogP contribution < -0.4 is 5.32 Å². The Kier molecular flexibility index (Phi) is 9.70. The summed E-state index contributed by atoms with van der Waals surface area (Å²) >= 11 is 0. The number of hydrogen-bond donors (Lipinski definition) is 2. The molecule has 0 amide bonds. The summed E-state index contributed by atoms with van der Waals surface area (Å²) in [4.78, 5) is 2.47. The Morgan fingerprint density at radius 2 is 1.78 bits per heavy atom. The van der Waals surface area contributed by atoms with Crippen molar-refractivity contribution in [1.82, 2.24) is 10.2 Å². The van der Waals surface area contributed by atoms with Gasteiger partial charge >= 0.3 is 0 Å². The highest BCUT2D eigenvalue weighted by Crippen LogP contribution is 2.24. The van der Waals surface area contributed by atoms with Crippen molar-refractivity contribution in [3.05, 3.63) is 0 Å². The second-order valence-corrected chi connectivity index (χ2v) is 5.61. The summed E-state index contributed by atoms with van der Waals surface area (Å²) in [5, 5.41) is 12.7. The van der Waals surface area contributed by atoms with Crippen molar-refractivity contribution in [2.24, 2.45) is 5.41 Å². The van der Waals surface area contributed by atoms with Gasteiger partial charge in [-0.2, -0.15) is 0 Å². The normalized spacial score (nSPS) is 15.3. The van der Waals surface area contributed by atoms with E-state index in [0.717, 1.165) is 39.0 Å². The molecule has 1 unspecified atom stereocenters. The Morgan fingerprint density at radius 3 is 2.17 bits per heavy atom. The van der Waals surface area contributed by atoms with E-state index in [2.05, 4.69) is 44.8 Å². The summed E-state index contributed by atoms with van der Waals surface area (Å²) in [5.41, 5.74) is 0.299. The Labute approximate surface area is 114 Å². The van der Waals surface area contributed by atoms with Crippen LogP contribution in [0.1, 0.15) is 53.9 Å². The fraction of sp³-hybridized carbons (Fsp3) is 1.00. The lowest BCUT2D eigenvalue weighted by atomic mass is 9.86. The molecule has 3 heteroatoms. The van der Waals surface area contributed by atoms with Gasteiger partial charge < -0.3 is 10.4 Å². The molecule has 0 radical (unpaired) electrons. The van der Waals surface area contributed by atoms with Crippen molar-refractivity contribution >= 4 is 0 Å². The van der Waals surface area contributed by atoms with Gasteiger partial charge in [0.05, 0.1) is 6.61 Å². The van der Waals surface area contributed by atoms with Gasteiger partial charge in [-0.05, 0) is 31.2 Å². The lowest BCUT2D eigenvalue weighted by Crippen LogP contribution is -2.47. The topological polar surface area (TPSA) is 35.5 Å². The van der Waals surface area contributed by atoms with Crippen molar-refractivity contribution in [3.63, 3.8) is 0 Å². The smallest absolute Gasteiger partial charge is 0.0558 e. The van der Waals surface area contributed by atoms with Crippen molar-refractivity contribution in [2.75, 3.05) is 32.8 Å². The van der Waals surface area contributed by atoms with Gasteiger partial charge in [-0.15, -0.1) is 0 Å². The number of aliphatic hydroxyl groups excluding tert-OH is 1. The number of aliphatic hydroxyl groups is 1. The molecule has 110 valence electrons. The number of nitrogens with zero attached hydrogens (tertiary/aromatic N) is 1. The van der Waals surface area contributed by atoms with Crippen LogP contribution in [0.25, 0.3) is 0 Å². The highest BCUT2D eigenvalue weighted by Gasteiger charge is 2.27. The standard InChI is InChI=1S/C15H34N2O/c1-6-14(7-2)17(10-11-18)13-15(5,8-3)12-16-9-4/h14,16,18H,6-13H2,1-5H3. The molecule has 0 aliphatic carbocycles. The average molecular weight is 258 g/mol. The number of hydrogen-bond acceptors (Lipinski definition) is 3. The minimum absolute atomic E-state index is 0.261. The third-order valence-electron chi connectivity index (χ3n) is 4.09. The minimum atomic E-state index is 0.261. The first-order valence-corrected chi connectivity index (χ1v) is 7.62. The van der Waals surface area contributed by atoms with Crippen LogP contribution in [0.3, 0.4) is 0 Å². The lowest BCUT2D eigenvalue weighted by molar-refractivity contribution is 0.0874. The molecule has 0 heterocycles. The van der Waals surface area contributed by atoms with Crippen LogP contribution in [0, 0.1) is 5.41 Å². The summed E-state index contributed by atoms with van der Waals surface area (Å²) in [6.45, 7) is 15.5. The summed E-state index contributed by atoms with van der Waals surface area (Å²) in [5.74, 6) is 0. The fourth-order valence-electron chi connectivity index (χ4n) is 2.53. The Hall–Kier alpha value is -0.120. The van der Waals surface area contributed by atoms with Crippen molar-refractivity contribution in [3.8, 4) is 0 Å². The van der Waals surface area contributed by atoms with Crippen molar-refractivity contribution in [1.29, 1.82) is 0 Å². The van der Waals surface area contributed by atoms with E-state index < -0.39 is 0 Å². The third kappa shape index (κ3) is 6.17. The summed E-state index contributed by atoms with van der Waals surface area (Å²) < 4.78 is 0. The van der Waals surface area contributed by atoms with Gasteiger partial charge in [0.2, 0.25) is 0 Å². The van der Waals surface area contributed by atoms with Crippen LogP contribution in [0.4, 0.5) is 0 Å². The molecule has 0 saturated heterocycles. The second-order valence-electron chi connectivity index (χ2n) is 5.61. The highest BCUT2D eigenvalue weighted by atomic mass is 16.3. The molecule has 0 aliphatic rings. The SMILES string of the molecule is CCNCC(C)(CC)CN(CCO)C(CC)CC. The van der Waals surface area contributed by atoms with E-state index in [0.29, 0.717) is 11.5 Å².